The molecule has 0 saturated heterocycles. The van der Waals surface area contributed by atoms with Crippen molar-refractivity contribution in [3.8, 4) is 0 Å². The fraction of sp³-hybridized carbons (Fsp3) is 0.550. The van der Waals surface area contributed by atoms with E-state index in [2.05, 4.69) is 22.8 Å². The molecule has 1 aromatic carbocycles. The molecule has 1 aliphatic carbocycles. The highest BCUT2D eigenvalue weighted by atomic mass is 16.2. The van der Waals surface area contributed by atoms with Crippen LogP contribution in [0.25, 0.3) is 0 Å². The average molecular weight is 343 g/mol. The van der Waals surface area contributed by atoms with Gasteiger partial charge in [-0.1, -0.05) is 32.6 Å². The minimum Gasteiger partial charge on any atom is -0.326 e. The van der Waals surface area contributed by atoms with Crippen LogP contribution in [-0.4, -0.2) is 17.5 Å². The number of anilines is 1. The number of benzene rings is 1. The molecule has 5 nitrogen and oxygen atoms in total. The van der Waals surface area contributed by atoms with E-state index in [1.165, 1.54) is 19.3 Å². The summed E-state index contributed by atoms with van der Waals surface area (Å²) in [6.45, 7) is 2.06. The van der Waals surface area contributed by atoms with Crippen molar-refractivity contribution in [1.82, 2.24) is 5.43 Å². The van der Waals surface area contributed by atoms with Gasteiger partial charge in [-0.05, 0) is 56.4 Å². The Labute approximate surface area is 150 Å². The van der Waals surface area contributed by atoms with Gasteiger partial charge in [0.05, 0.1) is 0 Å². The Bertz CT molecular complexity index is 583. The van der Waals surface area contributed by atoms with Crippen LogP contribution in [0.4, 0.5) is 5.69 Å². The number of amides is 2. The second kappa shape index (κ2) is 10.6. The zero-order valence-corrected chi connectivity index (χ0v) is 15.1. The topological polar surface area (TPSA) is 70.6 Å². The quantitative estimate of drug-likeness (QED) is 0.738. The average Bonchev–Trinajstić information content (AvgIpc) is 2.59. The molecule has 0 heterocycles. The number of carbonyl (C=O) groups excluding carboxylic acids is 2. The van der Waals surface area contributed by atoms with Crippen molar-refractivity contribution in [3.63, 3.8) is 0 Å². The summed E-state index contributed by atoms with van der Waals surface area (Å²) >= 11 is 0. The minimum atomic E-state index is -0.210. The summed E-state index contributed by atoms with van der Waals surface area (Å²) in [7, 11) is 0. The summed E-state index contributed by atoms with van der Waals surface area (Å²) in [4.78, 5) is 23.9. The molecule has 1 aromatic rings. The number of hydrogen-bond donors (Lipinski definition) is 2. The summed E-state index contributed by atoms with van der Waals surface area (Å²) < 4.78 is 0. The van der Waals surface area contributed by atoms with Crippen LogP contribution >= 0.6 is 0 Å². The number of nitrogens with zero attached hydrogens (tertiary/aromatic N) is 1. The van der Waals surface area contributed by atoms with Crippen molar-refractivity contribution in [1.29, 1.82) is 0 Å². The maximum Gasteiger partial charge on any atom is 0.271 e. The predicted octanol–water partition coefficient (Wildman–Crippen LogP) is 4.65. The van der Waals surface area contributed by atoms with Crippen LogP contribution in [0.2, 0.25) is 0 Å². The molecule has 5 heteroatoms. The maximum atomic E-state index is 12.2. The molecule has 2 rings (SSSR count). The van der Waals surface area contributed by atoms with Gasteiger partial charge in [0, 0.05) is 23.4 Å². The van der Waals surface area contributed by atoms with Gasteiger partial charge in [0.1, 0.15) is 0 Å². The first-order valence-corrected chi connectivity index (χ1v) is 9.44. The van der Waals surface area contributed by atoms with E-state index < -0.39 is 0 Å². The normalized spacial score (nSPS) is 15.0. The largest absolute Gasteiger partial charge is 0.326 e. The summed E-state index contributed by atoms with van der Waals surface area (Å²) in [6.07, 6.45) is 10.5. The molecule has 0 aliphatic heterocycles. The van der Waals surface area contributed by atoms with E-state index in [1.807, 2.05) is 0 Å². The standard InChI is InChI=1S/C20H29N3O2/c1-2-3-11-19(24)21-17-14-12-16(13-15-17)20(25)23-22-18-9-7-5-4-6-8-10-18/h12-15H,2-11H2,1H3,(H,21,24)(H,23,25). The lowest BCUT2D eigenvalue weighted by molar-refractivity contribution is -0.116. The molecule has 0 aromatic heterocycles. The monoisotopic (exact) mass is 343 g/mol. The molecule has 136 valence electrons. The first kappa shape index (κ1) is 19.2. The zero-order chi connectivity index (χ0) is 17.9. The number of nitrogens with one attached hydrogen (secondary N) is 2. The van der Waals surface area contributed by atoms with E-state index >= 15 is 0 Å². The van der Waals surface area contributed by atoms with Gasteiger partial charge in [0.2, 0.25) is 5.91 Å². The summed E-state index contributed by atoms with van der Waals surface area (Å²) in [5.74, 6) is -0.201. The van der Waals surface area contributed by atoms with Gasteiger partial charge >= 0.3 is 0 Å². The van der Waals surface area contributed by atoms with Crippen LogP contribution in [-0.2, 0) is 4.79 Å². The summed E-state index contributed by atoms with van der Waals surface area (Å²) in [6, 6.07) is 6.93. The molecule has 1 saturated carbocycles. The molecular weight excluding hydrogens is 314 g/mol. The first-order valence-electron chi connectivity index (χ1n) is 9.44. The van der Waals surface area contributed by atoms with Gasteiger partial charge in [-0.15, -0.1) is 0 Å². The van der Waals surface area contributed by atoms with Crippen molar-refractivity contribution in [2.45, 2.75) is 71.1 Å². The number of hydrogen-bond acceptors (Lipinski definition) is 3. The molecule has 0 unspecified atom stereocenters. The zero-order valence-electron chi connectivity index (χ0n) is 15.1. The maximum absolute atomic E-state index is 12.2. The second-order valence-electron chi connectivity index (χ2n) is 6.62. The molecule has 0 spiro atoms. The van der Waals surface area contributed by atoms with Gasteiger partial charge in [-0.2, -0.15) is 5.10 Å². The van der Waals surface area contributed by atoms with Crippen molar-refractivity contribution in [2.24, 2.45) is 5.10 Å². The van der Waals surface area contributed by atoms with Crippen LogP contribution in [0.5, 0.6) is 0 Å². The Kier molecular flexibility index (Phi) is 8.16. The summed E-state index contributed by atoms with van der Waals surface area (Å²) in [5, 5.41) is 7.15. The molecule has 0 radical (unpaired) electrons. The van der Waals surface area contributed by atoms with Crippen LogP contribution < -0.4 is 10.7 Å². The Morgan fingerprint density at radius 1 is 1.00 bits per heavy atom. The van der Waals surface area contributed by atoms with E-state index in [9.17, 15) is 9.59 Å². The third kappa shape index (κ3) is 7.08. The summed E-state index contributed by atoms with van der Waals surface area (Å²) in [5.41, 5.74) is 5.01. The lowest BCUT2D eigenvalue weighted by atomic mass is 9.99. The Morgan fingerprint density at radius 2 is 1.64 bits per heavy atom. The van der Waals surface area contributed by atoms with Gasteiger partial charge in [-0.3, -0.25) is 9.59 Å². The van der Waals surface area contributed by atoms with Gasteiger partial charge in [-0.25, -0.2) is 5.43 Å². The number of hydrazone groups is 1. The van der Waals surface area contributed by atoms with Crippen molar-refractivity contribution in [3.05, 3.63) is 29.8 Å². The van der Waals surface area contributed by atoms with Crippen molar-refractivity contribution in [2.75, 3.05) is 5.32 Å². The van der Waals surface area contributed by atoms with E-state index in [0.29, 0.717) is 17.7 Å². The highest BCUT2D eigenvalue weighted by Crippen LogP contribution is 2.15. The highest BCUT2D eigenvalue weighted by Gasteiger charge is 2.08. The highest BCUT2D eigenvalue weighted by molar-refractivity contribution is 5.96. The van der Waals surface area contributed by atoms with E-state index in [1.54, 1.807) is 24.3 Å². The molecule has 2 amide bonds. The van der Waals surface area contributed by atoms with Gasteiger partial charge < -0.3 is 5.32 Å². The molecule has 0 bridgehead atoms. The van der Waals surface area contributed by atoms with Crippen molar-refractivity contribution < 1.29 is 9.59 Å². The lowest BCUT2D eigenvalue weighted by Gasteiger charge is -2.11. The van der Waals surface area contributed by atoms with E-state index in [-0.39, 0.29) is 11.8 Å². The number of carbonyl (C=O) groups is 2. The van der Waals surface area contributed by atoms with Crippen LogP contribution in [0.15, 0.2) is 29.4 Å². The second-order valence-corrected chi connectivity index (χ2v) is 6.62. The van der Waals surface area contributed by atoms with Crippen molar-refractivity contribution >= 4 is 23.2 Å². The third-order valence-corrected chi connectivity index (χ3v) is 4.43. The van der Waals surface area contributed by atoms with Crippen LogP contribution in [0, 0.1) is 0 Å². The Hall–Kier alpha value is -2.17. The van der Waals surface area contributed by atoms with E-state index in [0.717, 1.165) is 44.2 Å². The predicted molar refractivity (Wildman–Crippen MR) is 102 cm³/mol. The first-order chi connectivity index (χ1) is 12.2. The van der Waals surface area contributed by atoms with Gasteiger partial charge in [0.25, 0.3) is 5.91 Å². The van der Waals surface area contributed by atoms with Crippen LogP contribution in [0.3, 0.4) is 0 Å². The fourth-order valence-corrected chi connectivity index (χ4v) is 2.89. The fourth-order valence-electron chi connectivity index (χ4n) is 2.89. The Balaban J connectivity index is 1.85. The van der Waals surface area contributed by atoms with Gasteiger partial charge in [0.15, 0.2) is 0 Å². The minimum absolute atomic E-state index is 0.00901. The SMILES string of the molecule is CCCCC(=O)Nc1ccc(C(=O)NN=C2CCCCCCC2)cc1. The Morgan fingerprint density at radius 3 is 2.28 bits per heavy atom. The number of unbranched alkanes of at least 4 members (excludes halogenated alkanes) is 1. The molecule has 1 fully saturated rings. The molecule has 0 atom stereocenters. The third-order valence-electron chi connectivity index (χ3n) is 4.43. The lowest BCUT2D eigenvalue weighted by Crippen LogP contribution is -2.20. The van der Waals surface area contributed by atoms with E-state index in [4.69, 9.17) is 0 Å². The molecule has 25 heavy (non-hydrogen) atoms. The van der Waals surface area contributed by atoms with Crippen LogP contribution in [0.1, 0.15) is 81.5 Å². The smallest absolute Gasteiger partial charge is 0.271 e. The number of rotatable bonds is 6. The molecular formula is C20H29N3O2. The molecule has 2 N–H and O–H groups in total. The molecule has 1 aliphatic rings.